The van der Waals surface area contributed by atoms with Gasteiger partial charge in [-0.2, -0.15) is 0 Å². The van der Waals surface area contributed by atoms with E-state index in [1.165, 1.54) is 0 Å². The first-order valence-electron chi connectivity index (χ1n) is 9.04. The van der Waals surface area contributed by atoms with E-state index in [0.717, 1.165) is 47.7 Å². The number of hydrogen-bond donors (Lipinski definition) is 0. The summed E-state index contributed by atoms with van der Waals surface area (Å²) in [7, 11) is 1.75. The SMILES string of the molecule is CCN(CC)[C](=[Cr])/C(=C(/OC)c1ccccc1)N(CC)CC.[C-]#[O+].[C-]#[O+].[C-]#[O+].[C-]#[O+].[C-]#[O+]. The summed E-state index contributed by atoms with van der Waals surface area (Å²) in [5, 5.41) is 0. The molecule has 0 saturated heterocycles. The summed E-state index contributed by atoms with van der Waals surface area (Å²) in [5.41, 5.74) is 2.24. The van der Waals surface area contributed by atoms with Crippen molar-refractivity contribution < 1.29 is 43.8 Å². The summed E-state index contributed by atoms with van der Waals surface area (Å²) in [6, 6.07) is 10.3. The van der Waals surface area contributed by atoms with Gasteiger partial charge in [0.05, 0.1) is 0 Å². The van der Waals surface area contributed by atoms with Crippen LogP contribution in [0.2, 0.25) is 0 Å². The molecular weight excluding hydrogens is 452 g/mol. The van der Waals surface area contributed by atoms with Crippen LogP contribution in [0.15, 0.2) is 36.0 Å². The number of nitrogens with zero attached hydrogens (tertiary/aromatic N) is 2. The molecule has 0 aromatic heterocycles. The Morgan fingerprint density at radius 1 is 0.719 bits per heavy atom. The van der Waals surface area contributed by atoms with Crippen LogP contribution >= 0.6 is 0 Å². The van der Waals surface area contributed by atoms with Crippen molar-refractivity contribution in [1.82, 2.24) is 9.80 Å². The topological polar surface area (TPSA) is 115 Å². The van der Waals surface area contributed by atoms with Gasteiger partial charge in [-0.05, 0) is 0 Å². The molecule has 0 unspecified atom stereocenters. The summed E-state index contributed by atoms with van der Waals surface area (Å²) in [6.45, 7) is 35.0. The van der Waals surface area contributed by atoms with Crippen LogP contribution < -0.4 is 0 Å². The molecule has 0 bridgehead atoms. The van der Waals surface area contributed by atoms with Gasteiger partial charge in [0.15, 0.2) is 0 Å². The first kappa shape index (κ1) is 40.0. The van der Waals surface area contributed by atoms with Crippen LogP contribution in [-0.4, -0.2) is 47.6 Å². The minimum atomic E-state index is 0.921. The summed E-state index contributed by atoms with van der Waals surface area (Å²) >= 11 is 3.28. The van der Waals surface area contributed by atoms with Gasteiger partial charge in [-0.25, -0.2) is 0 Å². The molecule has 1 aromatic rings. The summed E-state index contributed by atoms with van der Waals surface area (Å²) in [5.74, 6) is 0.921. The number of likely N-dealkylation sites (N-methyl/N-ethyl adjacent to an activating group) is 2. The monoisotopic (exact) mass is 480 g/mol. The molecule has 0 amide bonds. The summed E-state index contributed by atoms with van der Waals surface area (Å²) in [4.78, 5) is 4.67. The van der Waals surface area contributed by atoms with Crippen LogP contribution in [0.3, 0.4) is 0 Å². The molecule has 1 aromatic carbocycles. The van der Waals surface area contributed by atoms with Crippen LogP contribution in [0.1, 0.15) is 33.3 Å². The van der Waals surface area contributed by atoms with Crippen molar-refractivity contribution >= 4 is 10.3 Å². The third kappa shape index (κ3) is 15.4. The quantitative estimate of drug-likeness (QED) is 0.307. The van der Waals surface area contributed by atoms with E-state index in [4.69, 9.17) is 28.0 Å². The number of benzene rings is 1. The zero-order valence-corrected chi connectivity index (χ0v) is 20.2. The Bertz CT molecular complexity index is 666. The Hall–Kier alpha value is -2.38. The van der Waals surface area contributed by atoms with E-state index < -0.39 is 0 Å². The average molecular weight is 480 g/mol. The van der Waals surface area contributed by atoms with E-state index in [1.54, 1.807) is 7.11 Å². The Morgan fingerprint density at radius 2 is 1.06 bits per heavy atom. The van der Waals surface area contributed by atoms with Crippen molar-refractivity contribution in [2.45, 2.75) is 27.7 Å². The zero-order valence-electron chi connectivity index (χ0n) is 19.0. The van der Waals surface area contributed by atoms with E-state index in [-0.39, 0.29) is 0 Å². The van der Waals surface area contributed by atoms with E-state index in [1.807, 2.05) is 18.2 Å². The first-order chi connectivity index (χ1) is 15.6. The van der Waals surface area contributed by atoms with Crippen LogP contribution in [0.5, 0.6) is 0 Å². The number of rotatable bonds is 9. The van der Waals surface area contributed by atoms with E-state index >= 15 is 0 Å². The maximum absolute atomic E-state index is 7.50. The zero-order chi connectivity index (χ0) is 26.5. The third-order valence-electron chi connectivity index (χ3n) is 3.79. The molecule has 0 radical (unpaired) electrons. The molecule has 32 heavy (non-hydrogen) atoms. The molecule has 9 heteroatoms. The molecule has 172 valence electrons. The second kappa shape index (κ2) is 33.3. The molecule has 0 fully saturated rings. The number of ether oxygens (including phenoxy) is 1. The normalized spacial score (nSPS) is 8.62. The van der Waals surface area contributed by atoms with Crippen molar-refractivity contribution in [1.29, 1.82) is 0 Å². The summed E-state index contributed by atoms with van der Waals surface area (Å²) in [6.07, 6.45) is 0. The Morgan fingerprint density at radius 3 is 1.34 bits per heavy atom. The van der Waals surface area contributed by atoms with Crippen molar-refractivity contribution in [3.63, 3.8) is 0 Å². The molecule has 0 aliphatic heterocycles. The van der Waals surface area contributed by atoms with Gasteiger partial charge in [-0.1, -0.05) is 0 Å². The predicted octanol–water partition coefficient (Wildman–Crippen LogP) is 3.17. The van der Waals surface area contributed by atoms with E-state index in [2.05, 4.69) is 98.7 Å². The van der Waals surface area contributed by atoms with Crippen molar-refractivity contribution in [3.05, 3.63) is 74.8 Å². The van der Waals surface area contributed by atoms with Gasteiger partial charge in [0.2, 0.25) is 0 Å². The fourth-order valence-corrected chi connectivity index (χ4v) is 3.27. The Labute approximate surface area is 199 Å². The first-order valence-corrected chi connectivity index (χ1v) is 9.68. The molecule has 0 N–H and O–H groups in total. The Kier molecular flexibility index (Phi) is 41.6. The molecule has 1 rings (SSSR count). The van der Waals surface area contributed by atoms with Crippen molar-refractivity contribution in [2.75, 3.05) is 33.3 Å². The molecule has 0 spiro atoms. The predicted molar refractivity (Wildman–Crippen MR) is 111 cm³/mol. The van der Waals surface area contributed by atoms with Crippen LogP contribution in [0, 0.1) is 33.3 Å². The maximum atomic E-state index is 7.50. The van der Waals surface area contributed by atoms with Crippen molar-refractivity contribution in [3.8, 4) is 0 Å². The van der Waals surface area contributed by atoms with Gasteiger partial charge in [0.1, 0.15) is 0 Å². The minimum absolute atomic E-state index is 0.921. The van der Waals surface area contributed by atoms with E-state index in [9.17, 15) is 0 Å². The molecular formula is C23H28CrN2O6. The van der Waals surface area contributed by atoms with Gasteiger partial charge in [0.25, 0.3) is 0 Å². The molecule has 8 nitrogen and oxygen atoms in total. The van der Waals surface area contributed by atoms with Gasteiger partial charge >= 0.3 is 200 Å². The molecule has 0 aliphatic rings. The molecule has 0 atom stereocenters. The van der Waals surface area contributed by atoms with Crippen molar-refractivity contribution in [2.24, 2.45) is 0 Å². The molecule has 0 heterocycles. The second-order valence-corrected chi connectivity index (χ2v) is 5.50. The summed E-state index contributed by atoms with van der Waals surface area (Å²) < 4.78 is 44.5. The Balaban J connectivity index is -0.000000213. The third-order valence-corrected chi connectivity index (χ3v) is 4.49. The van der Waals surface area contributed by atoms with Crippen LogP contribution in [0.4, 0.5) is 0 Å². The number of hydrogen-bond acceptors (Lipinski definition) is 3. The molecule has 0 aliphatic carbocycles. The van der Waals surface area contributed by atoms with Crippen LogP contribution in [0.25, 0.3) is 5.76 Å². The average Bonchev–Trinajstić information content (AvgIpc) is 2.91. The van der Waals surface area contributed by atoms with Gasteiger partial charge in [0, 0.05) is 0 Å². The molecule has 0 saturated carbocycles. The van der Waals surface area contributed by atoms with Gasteiger partial charge in [-0.3, -0.25) is 0 Å². The van der Waals surface area contributed by atoms with E-state index in [0.29, 0.717) is 0 Å². The van der Waals surface area contributed by atoms with Crippen LogP contribution in [-0.2, 0) is 43.8 Å². The van der Waals surface area contributed by atoms with Gasteiger partial charge in [-0.15, -0.1) is 0 Å². The van der Waals surface area contributed by atoms with Gasteiger partial charge < -0.3 is 0 Å². The fourth-order valence-electron chi connectivity index (χ4n) is 2.52. The standard InChI is InChI=1S/C18H28N2O.5CO.Cr/c1-6-19(7-2)15-17(20(8-3)9-4)18(21-5)16-13-11-10-12-14-16;5*1-2;/h10-14H,6-9H2,1-5H3;;;;;;/b18-17-;;;;;;. The second-order valence-electron chi connectivity index (χ2n) is 4.90. The number of methoxy groups -OCH3 is 1. The fraction of sp³-hybridized carbons (Fsp3) is 0.391.